The van der Waals surface area contributed by atoms with Gasteiger partial charge < -0.3 is 29.4 Å². The van der Waals surface area contributed by atoms with Crippen LogP contribution < -0.4 is 20.3 Å². The number of aromatic amines is 1. The van der Waals surface area contributed by atoms with Crippen LogP contribution in [0.1, 0.15) is 28.3 Å². The number of rotatable bonds is 6. The highest BCUT2D eigenvalue weighted by atomic mass is 32.1. The molecule has 33 heavy (non-hydrogen) atoms. The monoisotopic (exact) mass is 467 g/mol. The van der Waals surface area contributed by atoms with E-state index in [0.29, 0.717) is 41.9 Å². The van der Waals surface area contributed by atoms with Gasteiger partial charge in [0.15, 0.2) is 16.6 Å². The van der Waals surface area contributed by atoms with E-state index in [1.165, 1.54) is 0 Å². The molecule has 1 aliphatic heterocycles. The van der Waals surface area contributed by atoms with Gasteiger partial charge in [-0.25, -0.2) is 0 Å². The Kier molecular flexibility index (Phi) is 6.85. The van der Waals surface area contributed by atoms with Gasteiger partial charge in [-0.1, -0.05) is 18.2 Å². The molecule has 2 N–H and O–H groups in total. The minimum Gasteiger partial charge on any atom is -0.493 e. The van der Waals surface area contributed by atoms with Crippen molar-refractivity contribution in [2.24, 2.45) is 0 Å². The largest absolute Gasteiger partial charge is 0.493 e. The Labute approximate surface area is 198 Å². The third-order valence-electron chi connectivity index (χ3n) is 6.13. The number of fused-ring (bicyclic) bond motifs is 2. The lowest BCUT2D eigenvalue weighted by Gasteiger charge is -2.39. The van der Waals surface area contributed by atoms with Crippen LogP contribution in [0.25, 0.3) is 10.9 Å². The molecule has 1 aromatic heterocycles. The number of benzene rings is 2. The van der Waals surface area contributed by atoms with E-state index in [-0.39, 0.29) is 11.6 Å². The predicted octanol–water partition coefficient (Wildman–Crippen LogP) is 3.32. The Morgan fingerprint density at radius 1 is 1.15 bits per heavy atom. The van der Waals surface area contributed by atoms with Crippen molar-refractivity contribution in [3.8, 4) is 11.5 Å². The molecule has 0 amide bonds. The SMILES string of the molecule is COCCNC(=S)N1CCc2cc(OC)c(OC)cc2[C@@H]1c1cc2cccc(C)c2[nH]c1=O. The van der Waals surface area contributed by atoms with Gasteiger partial charge in [0, 0.05) is 25.8 Å². The molecule has 0 aliphatic carbocycles. The first-order valence-corrected chi connectivity index (χ1v) is 11.3. The van der Waals surface area contributed by atoms with Gasteiger partial charge in [-0.05, 0) is 65.8 Å². The fourth-order valence-corrected chi connectivity index (χ4v) is 4.76. The molecule has 174 valence electrons. The number of para-hydroxylation sites is 1. The van der Waals surface area contributed by atoms with Gasteiger partial charge in [-0.15, -0.1) is 0 Å². The van der Waals surface area contributed by atoms with Crippen LogP contribution in [0.2, 0.25) is 0 Å². The summed E-state index contributed by atoms with van der Waals surface area (Å²) in [7, 11) is 4.89. The molecule has 0 bridgehead atoms. The maximum atomic E-state index is 13.4. The molecule has 0 saturated heterocycles. The van der Waals surface area contributed by atoms with Crippen molar-refractivity contribution in [3.05, 3.63) is 69.0 Å². The second-order valence-electron chi connectivity index (χ2n) is 8.07. The van der Waals surface area contributed by atoms with Gasteiger partial charge in [0.25, 0.3) is 5.56 Å². The van der Waals surface area contributed by atoms with Gasteiger partial charge in [0.05, 0.1) is 32.4 Å². The molecular weight excluding hydrogens is 438 g/mol. The predicted molar refractivity (Wildman–Crippen MR) is 134 cm³/mol. The summed E-state index contributed by atoms with van der Waals surface area (Å²) in [4.78, 5) is 18.5. The summed E-state index contributed by atoms with van der Waals surface area (Å²) in [6.07, 6.45) is 0.767. The number of methoxy groups -OCH3 is 3. The van der Waals surface area contributed by atoms with Crippen LogP contribution in [0.5, 0.6) is 11.5 Å². The van der Waals surface area contributed by atoms with Gasteiger partial charge >= 0.3 is 0 Å². The average molecular weight is 468 g/mol. The van der Waals surface area contributed by atoms with Crippen LogP contribution in [0.4, 0.5) is 0 Å². The van der Waals surface area contributed by atoms with E-state index < -0.39 is 0 Å². The molecule has 1 atom stereocenters. The zero-order valence-corrected chi connectivity index (χ0v) is 20.2. The van der Waals surface area contributed by atoms with Gasteiger partial charge in [0.1, 0.15) is 0 Å². The zero-order chi connectivity index (χ0) is 23.5. The fourth-order valence-electron chi connectivity index (χ4n) is 4.46. The summed E-state index contributed by atoms with van der Waals surface area (Å²) < 4.78 is 16.3. The smallest absolute Gasteiger partial charge is 0.254 e. The van der Waals surface area contributed by atoms with E-state index in [2.05, 4.69) is 15.2 Å². The summed E-state index contributed by atoms with van der Waals surface area (Å²) in [5.74, 6) is 1.29. The summed E-state index contributed by atoms with van der Waals surface area (Å²) in [6.45, 7) is 3.78. The molecule has 0 fully saturated rings. The normalized spacial score (nSPS) is 15.3. The van der Waals surface area contributed by atoms with Crippen molar-refractivity contribution in [3.63, 3.8) is 0 Å². The molecule has 1 aliphatic rings. The number of hydrogen-bond donors (Lipinski definition) is 2. The third kappa shape index (κ3) is 4.41. The van der Waals surface area contributed by atoms with Gasteiger partial charge in [-0.2, -0.15) is 0 Å². The number of aromatic nitrogens is 1. The summed E-state index contributed by atoms with van der Waals surface area (Å²) in [6, 6.07) is 11.6. The number of hydrogen-bond acceptors (Lipinski definition) is 5. The van der Waals surface area contributed by atoms with E-state index in [1.54, 1.807) is 21.3 Å². The minimum atomic E-state index is -0.371. The van der Waals surface area contributed by atoms with E-state index in [9.17, 15) is 4.79 Å². The van der Waals surface area contributed by atoms with Gasteiger partial charge in [0.2, 0.25) is 0 Å². The molecule has 7 nitrogen and oxygen atoms in total. The summed E-state index contributed by atoms with van der Waals surface area (Å²) in [5, 5.41) is 4.83. The second kappa shape index (κ2) is 9.80. The standard InChI is InChI=1S/C25H29N3O4S/c1-15-6-5-7-17-12-19(24(29)27-22(15)17)23-18-14-21(32-4)20(31-3)13-16(18)8-10-28(23)25(33)26-9-11-30-2/h5-7,12-14,23H,8-11H2,1-4H3,(H,26,33)(H,27,29)/t23-/m1/s1. The molecule has 4 rings (SSSR count). The van der Waals surface area contributed by atoms with Crippen molar-refractivity contribution < 1.29 is 14.2 Å². The molecule has 2 heterocycles. The number of nitrogens with one attached hydrogen (secondary N) is 2. The Hall–Kier alpha value is -3.10. The highest BCUT2D eigenvalue weighted by Gasteiger charge is 2.33. The number of H-pyrrole nitrogens is 1. The average Bonchev–Trinajstić information content (AvgIpc) is 2.82. The fraction of sp³-hybridized carbons (Fsp3) is 0.360. The van der Waals surface area contributed by atoms with Crippen LogP contribution in [0.3, 0.4) is 0 Å². The molecule has 0 spiro atoms. The Bertz CT molecular complexity index is 1240. The first kappa shape index (κ1) is 23.1. The molecule has 0 saturated carbocycles. The quantitative estimate of drug-likeness (QED) is 0.425. The number of thiocarbonyl (C=S) groups is 1. The van der Waals surface area contributed by atoms with Crippen LogP contribution in [0, 0.1) is 6.92 Å². The van der Waals surface area contributed by atoms with Crippen molar-refractivity contribution in [1.82, 2.24) is 15.2 Å². The minimum absolute atomic E-state index is 0.130. The zero-order valence-electron chi connectivity index (χ0n) is 19.4. The number of ether oxygens (including phenoxy) is 3. The molecule has 0 radical (unpaired) electrons. The maximum Gasteiger partial charge on any atom is 0.254 e. The molecular formula is C25H29N3O4S. The number of nitrogens with zero attached hydrogens (tertiary/aromatic N) is 1. The van der Waals surface area contributed by atoms with Gasteiger partial charge in [-0.3, -0.25) is 4.79 Å². The highest BCUT2D eigenvalue weighted by molar-refractivity contribution is 7.80. The molecule has 3 aromatic rings. The summed E-state index contributed by atoms with van der Waals surface area (Å²) in [5.41, 5.74) is 4.47. The lowest BCUT2D eigenvalue weighted by Crippen LogP contribution is -2.47. The maximum absolute atomic E-state index is 13.4. The highest BCUT2D eigenvalue weighted by Crippen LogP contribution is 2.40. The van der Waals surface area contributed by atoms with Crippen LogP contribution in [-0.2, 0) is 11.2 Å². The van der Waals surface area contributed by atoms with E-state index in [1.807, 2.05) is 43.3 Å². The van der Waals surface area contributed by atoms with E-state index in [4.69, 9.17) is 26.4 Å². The Balaban J connectivity index is 1.88. The Morgan fingerprint density at radius 3 is 2.64 bits per heavy atom. The number of aryl methyl sites for hydroxylation is 1. The first-order valence-electron chi connectivity index (χ1n) is 10.9. The lowest BCUT2D eigenvalue weighted by molar-refractivity contribution is 0.202. The molecule has 8 heteroatoms. The summed E-state index contributed by atoms with van der Waals surface area (Å²) >= 11 is 5.75. The van der Waals surface area contributed by atoms with E-state index >= 15 is 0 Å². The van der Waals surface area contributed by atoms with Crippen LogP contribution in [-0.4, -0.2) is 56.0 Å². The van der Waals surface area contributed by atoms with Crippen molar-refractivity contribution >= 4 is 28.2 Å². The number of pyridine rings is 1. The van der Waals surface area contributed by atoms with Crippen molar-refractivity contribution in [2.75, 3.05) is 41.0 Å². The molecule has 2 aromatic carbocycles. The second-order valence-corrected chi connectivity index (χ2v) is 8.46. The van der Waals surface area contributed by atoms with Crippen molar-refractivity contribution in [2.45, 2.75) is 19.4 Å². The van der Waals surface area contributed by atoms with Crippen LogP contribution in [0.15, 0.2) is 41.2 Å². The molecule has 0 unspecified atom stereocenters. The topological polar surface area (TPSA) is 75.8 Å². The van der Waals surface area contributed by atoms with E-state index in [0.717, 1.165) is 34.0 Å². The van der Waals surface area contributed by atoms with Crippen molar-refractivity contribution in [1.29, 1.82) is 0 Å². The lowest BCUT2D eigenvalue weighted by atomic mass is 9.87. The van der Waals surface area contributed by atoms with Crippen LogP contribution >= 0.6 is 12.2 Å². The third-order valence-corrected chi connectivity index (χ3v) is 6.51. The first-order chi connectivity index (χ1) is 16.0. The Morgan fingerprint density at radius 2 is 1.91 bits per heavy atom.